The van der Waals surface area contributed by atoms with Crippen molar-refractivity contribution in [2.45, 2.75) is 42.7 Å². The molecule has 0 amide bonds. The molecule has 0 spiro atoms. The van der Waals surface area contributed by atoms with Gasteiger partial charge < -0.3 is 9.47 Å². The number of rotatable bonds is 8. The molecule has 0 aromatic heterocycles. The molecule has 1 aliphatic rings. The van der Waals surface area contributed by atoms with E-state index in [1.165, 1.54) is 0 Å². The maximum Gasteiger partial charge on any atom is 0.422 e. The van der Waals surface area contributed by atoms with Gasteiger partial charge in [-0.25, -0.2) is 0 Å². The Morgan fingerprint density at radius 2 is 1.87 bits per heavy atom. The number of allylic oxidation sites excluding steroid dienone is 1. The largest absolute Gasteiger partial charge is 0.498 e. The van der Waals surface area contributed by atoms with Gasteiger partial charge in [0.05, 0.1) is 22.8 Å². The van der Waals surface area contributed by atoms with Crippen LogP contribution in [0, 0.1) is 0 Å². The highest BCUT2D eigenvalue weighted by Crippen LogP contribution is 2.52. The first kappa shape index (κ1) is 22.9. The number of thioether (sulfide) groups is 1. The Kier molecular flexibility index (Phi) is 6.98. The summed E-state index contributed by atoms with van der Waals surface area (Å²) in [6.45, 7) is 5.11. The first-order valence-electron chi connectivity index (χ1n) is 9.70. The van der Waals surface area contributed by atoms with Gasteiger partial charge in [-0.2, -0.15) is 13.2 Å². The fraction of sp³-hybridized carbons (Fsp3) is 0.391. The second kappa shape index (κ2) is 9.15. The number of halogens is 4. The zero-order chi connectivity index (χ0) is 21.9. The summed E-state index contributed by atoms with van der Waals surface area (Å²) in [5.41, 5.74) is 1.78. The molecule has 0 radical (unpaired) electrons. The summed E-state index contributed by atoms with van der Waals surface area (Å²) >= 11 is 8.06. The molecule has 0 heterocycles. The highest BCUT2D eigenvalue weighted by atomic mass is 35.5. The fourth-order valence-corrected chi connectivity index (χ4v) is 4.41. The molecule has 1 aliphatic carbocycles. The van der Waals surface area contributed by atoms with Gasteiger partial charge in [-0.05, 0) is 61.4 Å². The summed E-state index contributed by atoms with van der Waals surface area (Å²) < 4.78 is 49.4. The van der Waals surface area contributed by atoms with Crippen molar-refractivity contribution in [3.63, 3.8) is 0 Å². The number of benzene rings is 2. The van der Waals surface area contributed by atoms with Crippen molar-refractivity contribution >= 4 is 23.4 Å². The van der Waals surface area contributed by atoms with Crippen molar-refractivity contribution in [1.29, 1.82) is 0 Å². The lowest BCUT2D eigenvalue weighted by atomic mass is 9.63. The van der Waals surface area contributed by atoms with Crippen LogP contribution in [-0.4, -0.2) is 25.6 Å². The van der Waals surface area contributed by atoms with Gasteiger partial charge in [-0.1, -0.05) is 36.7 Å². The molecule has 0 unspecified atom stereocenters. The van der Waals surface area contributed by atoms with E-state index in [0.29, 0.717) is 17.9 Å². The van der Waals surface area contributed by atoms with E-state index < -0.39 is 12.8 Å². The predicted molar refractivity (Wildman–Crippen MR) is 117 cm³/mol. The van der Waals surface area contributed by atoms with Crippen LogP contribution >= 0.6 is 23.4 Å². The Morgan fingerprint density at radius 3 is 2.37 bits per heavy atom. The lowest BCUT2D eigenvalue weighted by Crippen LogP contribution is -2.37. The molecule has 1 saturated carbocycles. The highest BCUT2D eigenvalue weighted by molar-refractivity contribution is 7.98. The van der Waals surface area contributed by atoms with E-state index >= 15 is 0 Å². The number of hydrogen-bond acceptors (Lipinski definition) is 3. The normalized spacial score (nSPS) is 15.4. The monoisotopic (exact) mass is 456 g/mol. The minimum Gasteiger partial charge on any atom is -0.498 e. The van der Waals surface area contributed by atoms with Crippen LogP contribution in [0.15, 0.2) is 53.6 Å². The van der Waals surface area contributed by atoms with Crippen LogP contribution in [-0.2, 0) is 10.2 Å². The van der Waals surface area contributed by atoms with Gasteiger partial charge >= 0.3 is 6.18 Å². The van der Waals surface area contributed by atoms with Crippen molar-refractivity contribution < 1.29 is 22.6 Å². The van der Waals surface area contributed by atoms with Crippen LogP contribution in [0.2, 0.25) is 5.02 Å². The summed E-state index contributed by atoms with van der Waals surface area (Å²) in [4.78, 5) is 1.05. The molecule has 2 aromatic carbocycles. The summed E-state index contributed by atoms with van der Waals surface area (Å²) in [6.07, 6.45) is 0.240. The van der Waals surface area contributed by atoms with Crippen LogP contribution in [0.25, 0.3) is 11.1 Å². The Bertz CT molecular complexity index is 906. The first-order valence-corrected chi connectivity index (χ1v) is 11.3. The zero-order valence-electron chi connectivity index (χ0n) is 16.9. The molecule has 0 atom stereocenters. The third-order valence-electron chi connectivity index (χ3n) is 5.44. The standard InChI is InChI=1S/C23H24ClF3O2S/c1-4-28-15(2)22(10-5-11-22)17-12-19(16-6-8-18(30-3)9-7-16)21(20(24)13-17)29-14-23(25,26)27/h6-9,12-13H,2,4-5,10-11,14H2,1,3H3. The van der Waals surface area contributed by atoms with Crippen LogP contribution in [0.5, 0.6) is 5.75 Å². The smallest absolute Gasteiger partial charge is 0.422 e. The molecule has 0 aliphatic heterocycles. The van der Waals surface area contributed by atoms with Crippen molar-refractivity contribution in [3.8, 4) is 16.9 Å². The molecule has 2 aromatic rings. The molecule has 30 heavy (non-hydrogen) atoms. The molecule has 1 fully saturated rings. The quantitative estimate of drug-likeness (QED) is 0.300. The molecular weight excluding hydrogens is 433 g/mol. The van der Waals surface area contributed by atoms with Gasteiger partial charge in [-0.3, -0.25) is 0 Å². The van der Waals surface area contributed by atoms with Crippen LogP contribution in [0.3, 0.4) is 0 Å². The Labute approximate surface area is 184 Å². The molecule has 0 bridgehead atoms. The second-order valence-corrected chi connectivity index (χ2v) is 8.55. The van der Waals surface area contributed by atoms with Crippen molar-refractivity contribution in [2.24, 2.45) is 0 Å². The average molecular weight is 457 g/mol. The molecular formula is C23H24ClF3O2S. The third-order valence-corrected chi connectivity index (χ3v) is 6.46. The maximum absolute atomic E-state index is 12.8. The fourth-order valence-electron chi connectivity index (χ4n) is 3.73. The van der Waals surface area contributed by atoms with E-state index in [9.17, 15) is 13.2 Å². The first-order chi connectivity index (χ1) is 14.2. The number of alkyl halides is 3. The van der Waals surface area contributed by atoms with Crippen LogP contribution in [0.1, 0.15) is 31.7 Å². The second-order valence-electron chi connectivity index (χ2n) is 7.26. The Balaban J connectivity index is 2.10. The molecule has 0 saturated heterocycles. The van der Waals surface area contributed by atoms with Gasteiger partial charge in [0.1, 0.15) is 5.75 Å². The number of ether oxygens (including phenoxy) is 2. The van der Waals surface area contributed by atoms with Crippen molar-refractivity contribution in [3.05, 3.63) is 59.3 Å². The minimum absolute atomic E-state index is 0.0335. The lowest BCUT2D eigenvalue weighted by molar-refractivity contribution is -0.153. The topological polar surface area (TPSA) is 18.5 Å². The Morgan fingerprint density at radius 1 is 1.20 bits per heavy atom. The average Bonchev–Trinajstić information content (AvgIpc) is 2.65. The van der Waals surface area contributed by atoms with Crippen molar-refractivity contribution in [2.75, 3.05) is 19.5 Å². The minimum atomic E-state index is -4.46. The van der Waals surface area contributed by atoms with Gasteiger partial charge in [-0.15, -0.1) is 11.8 Å². The summed E-state index contributed by atoms with van der Waals surface area (Å²) in [7, 11) is 0. The third kappa shape index (κ3) is 4.75. The van der Waals surface area contributed by atoms with E-state index in [-0.39, 0.29) is 16.2 Å². The molecule has 0 N–H and O–H groups in total. The van der Waals surface area contributed by atoms with E-state index in [2.05, 4.69) is 6.58 Å². The molecule has 7 heteroatoms. The predicted octanol–water partition coefficient (Wildman–Crippen LogP) is 7.64. The number of hydrogen-bond donors (Lipinski definition) is 0. The summed E-state index contributed by atoms with van der Waals surface area (Å²) in [5.74, 6) is 0.700. The maximum atomic E-state index is 12.8. The van der Waals surface area contributed by atoms with Gasteiger partial charge in [0.2, 0.25) is 0 Å². The van der Waals surface area contributed by atoms with Gasteiger partial charge in [0, 0.05) is 10.5 Å². The summed E-state index contributed by atoms with van der Waals surface area (Å²) in [5, 5.41) is 0.149. The van der Waals surface area contributed by atoms with Crippen LogP contribution < -0.4 is 4.74 Å². The van der Waals surface area contributed by atoms with E-state index in [1.807, 2.05) is 43.5 Å². The van der Waals surface area contributed by atoms with Gasteiger partial charge in [0.15, 0.2) is 6.61 Å². The van der Waals surface area contributed by atoms with E-state index in [0.717, 1.165) is 35.3 Å². The lowest BCUT2D eigenvalue weighted by Gasteiger charge is -2.43. The van der Waals surface area contributed by atoms with E-state index in [1.54, 1.807) is 17.8 Å². The van der Waals surface area contributed by atoms with Crippen molar-refractivity contribution in [1.82, 2.24) is 0 Å². The van der Waals surface area contributed by atoms with E-state index in [4.69, 9.17) is 21.1 Å². The molecule has 3 rings (SSSR count). The summed E-state index contributed by atoms with van der Waals surface area (Å²) in [6, 6.07) is 11.1. The van der Waals surface area contributed by atoms with Gasteiger partial charge in [0.25, 0.3) is 0 Å². The van der Waals surface area contributed by atoms with Crippen LogP contribution in [0.4, 0.5) is 13.2 Å². The highest BCUT2D eigenvalue weighted by Gasteiger charge is 2.43. The molecule has 162 valence electrons. The zero-order valence-corrected chi connectivity index (χ0v) is 18.5. The Hall–Kier alpha value is -1.79. The molecule has 2 nitrogen and oxygen atoms in total. The SMILES string of the molecule is C=C(OCC)C1(c2cc(Cl)c(OCC(F)(F)F)c(-c3ccc(SC)cc3)c2)CCC1.